The highest BCUT2D eigenvalue weighted by Crippen LogP contribution is 2.28. The summed E-state index contributed by atoms with van der Waals surface area (Å²) in [6.45, 7) is 0. The number of isothiocyanates is 1. The van der Waals surface area contributed by atoms with Gasteiger partial charge in [0.1, 0.15) is 0 Å². The first-order valence-electron chi connectivity index (χ1n) is 2.88. The lowest BCUT2D eigenvalue weighted by Crippen LogP contribution is -1.84. The van der Waals surface area contributed by atoms with Gasteiger partial charge in [0.05, 0.1) is 15.3 Å². The van der Waals surface area contributed by atoms with Crippen molar-refractivity contribution in [1.82, 2.24) is 0 Å². The van der Waals surface area contributed by atoms with Gasteiger partial charge in [-0.05, 0) is 40.3 Å². The van der Waals surface area contributed by atoms with Gasteiger partial charge in [-0.1, -0.05) is 0 Å². The number of rotatable bonds is 1. The molecule has 0 radical (unpaired) electrons. The van der Waals surface area contributed by atoms with Gasteiger partial charge in [-0.3, -0.25) is 0 Å². The van der Waals surface area contributed by atoms with E-state index in [0.29, 0.717) is 0 Å². The molecule has 0 atom stereocenters. The summed E-state index contributed by atoms with van der Waals surface area (Å²) in [6, 6.07) is 2.29. The first-order valence-corrected chi connectivity index (χ1v) is 4.08. The quantitative estimate of drug-likeness (QED) is 0.422. The molecule has 0 amide bonds. The Balaban J connectivity index is 3.35. The van der Waals surface area contributed by atoms with Gasteiger partial charge in [-0.25, -0.2) is 8.78 Å². The monoisotopic (exact) mass is 249 g/mol. The molecule has 5 heteroatoms. The minimum absolute atomic E-state index is 0.0418. The first kappa shape index (κ1) is 9.45. The molecule has 0 aliphatic rings. The molecule has 0 heterocycles. The minimum Gasteiger partial charge on any atom is -0.204 e. The third-order valence-electron chi connectivity index (χ3n) is 1.18. The third-order valence-corrected chi connectivity index (χ3v) is 2.03. The SMILES string of the molecule is Fc1ccc(N=C=S)c(Br)c1F. The van der Waals surface area contributed by atoms with Crippen molar-refractivity contribution < 1.29 is 8.78 Å². The van der Waals surface area contributed by atoms with Gasteiger partial charge in [-0.2, -0.15) is 4.99 Å². The molecule has 0 saturated heterocycles. The Labute approximate surface area is 81.2 Å². The van der Waals surface area contributed by atoms with Crippen LogP contribution in [0.4, 0.5) is 14.5 Å². The third kappa shape index (κ3) is 1.75. The Kier molecular flexibility index (Phi) is 3.03. The summed E-state index contributed by atoms with van der Waals surface area (Å²) in [7, 11) is 0. The van der Waals surface area contributed by atoms with Crippen molar-refractivity contribution in [3.05, 3.63) is 28.2 Å². The van der Waals surface area contributed by atoms with E-state index < -0.39 is 11.6 Å². The predicted molar refractivity (Wildman–Crippen MR) is 48.7 cm³/mol. The van der Waals surface area contributed by atoms with Crippen LogP contribution in [-0.4, -0.2) is 5.16 Å². The lowest BCUT2D eigenvalue weighted by molar-refractivity contribution is 0.504. The van der Waals surface area contributed by atoms with Crippen LogP contribution >= 0.6 is 28.1 Å². The summed E-state index contributed by atoms with van der Waals surface area (Å²) in [4.78, 5) is 3.52. The van der Waals surface area contributed by atoms with Crippen LogP contribution in [0.1, 0.15) is 0 Å². The van der Waals surface area contributed by atoms with Crippen LogP contribution in [0.5, 0.6) is 0 Å². The van der Waals surface area contributed by atoms with Crippen molar-refractivity contribution in [2.24, 2.45) is 4.99 Å². The fourth-order valence-electron chi connectivity index (χ4n) is 0.651. The minimum atomic E-state index is -0.971. The fraction of sp³-hybridized carbons (Fsp3) is 0. The zero-order valence-electron chi connectivity index (χ0n) is 5.64. The molecule has 0 fully saturated rings. The van der Waals surface area contributed by atoms with Crippen molar-refractivity contribution in [2.75, 3.05) is 0 Å². The molecule has 0 unspecified atom stereocenters. The number of thiocarbonyl (C=S) groups is 1. The van der Waals surface area contributed by atoms with Gasteiger partial charge in [0.15, 0.2) is 11.6 Å². The molecule has 1 aromatic rings. The van der Waals surface area contributed by atoms with E-state index in [1.807, 2.05) is 0 Å². The summed E-state index contributed by atoms with van der Waals surface area (Å²) >= 11 is 7.15. The summed E-state index contributed by atoms with van der Waals surface area (Å²) in [5.74, 6) is -1.90. The molecule has 0 spiro atoms. The number of benzene rings is 1. The van der Waals surface area contributed by atoms with Gasteiger partial charge in [0.25, 0.3) is 0 Å². The van der Waals surface area contributed by atoms with Gasteiger partial charge in [0, 0.05) is 0 Å². The van der Waals surface area contributed by atoms with E-state index >= 15 is 0 Å². The standard InChI is InChI=1S/C7H2BrF2NS/c8-6-5(11-3-12)2-1-4(9)7(6)10/h1-2H. The lowest BCUT2D eigenvalue weighted by atomic mass is 10.3. The predicted octanol–water partition coefficient (Wildman–Crippen LogP) is 3.46. The van der Waals surface area contributed by atoms with E-state index in [9.17, 15) is 8.78 Å². The number of hydrogen-bond donors (Lipinski definition) is 0. The van der Waals surface area contributed by atoms with Crippen LogP contribution in [0.15, 0.2) is 21.6 Å². The number of nitrogens with zero attached hydrogens (tertiary/aromatic N) is 1. The Hall–Kier alpha value is -0.640. The van der Waals surface area contributed by atoms with E-state index in [0.717, 1.165) is 6.07 Å². The van der Waals surface area contributed by atoms with Crippen molar-refractivity contribution in [2.45, 2.75) is 0 Å². The van der Waals surface area contributed by atoms with Crippen LogP contribution in [-0.2, 0) is 0 Å². The zero-order valence-corrected chi connectivity index (χ0v) is 8.05. The second-order valence-corrected chi connectivity index (χ2v) is 2.87. The molecule has 0 N–H and O–H groups in total. The Bertz CT molecular complexity index is 361. The summed E-state index contributed by atoms with van der Waals surface area (Å²) in [6.07, 6.45) is 0. The normalized spacial score (nSPS) is 9.25. The average molecular weight is 250 g/mol. The molecule has 0 bridgehead atoms. The van der Waals surface area contributed by atoms with Crippen molar-refractivity contribution in [3.63, 3.8) is 0 Å². The van der Waals surface area contributed by atoms with E-state index in [4.69, 9.17) is 0 Å². The summed E-state index contributed by atoms with van der Waals surface area (Å²) in [5.41, 5.74) is 0.226. The van der Waals surface area contributed by atoms with Crippen LogP contribution in [0.2, 0.25) is 0 Å². The zero-order chi connectivity index (χ0) is 9.14. The lowest BCUT2D eigenvalue weighted by Gasteiger charge is -1.98. The number of halogens is 3. The highest BCUT2D eigenvalue weighted by Gasteiger charge is 2.09. The second-order valence-electron chi connectivity index (χ2n) is 1.90. The van der Waals surface area contributed by atoms with Gasteiger partial charge in [0.2, 0.25) is 0 Å². The van der Waals surface area contributed by atoms with E-state index in [2.05, 4.69) is 38.3 Å². The van der Waals surface area contributed by atoms with Crippen LogP contribution in [0.25, 0.3) is 0 Å². The molecular weight excluding hydrogens is 248 g/mol. The van der Waals surface area contributed by atoms with Gasteiger partial charge in [-0.15, -0.1) is 0 Å². The van der Waals surface area contributed by atoms with E-state index in [1.54, 1.807) is 0 Å². The molecule has 0 aliphatic carbocycles. The first-order chi connectivity index (χ1) is 5.66. The van der Waals surface area contributed by atoms with Crippen LogP contribution in [0.3, 0.4) is 0 Å². The summed E-state index contributed by atoms with van der Waals surface area (Å²) in [5, 5.41) is 2.06. The maximum atomic E-state index is 12.8. The average Bonchev–Trinajstić information content (AvgIpc) is 2.07. The topological polar surface area (TPSA) is 12.4 Å². The van der Waals surface area contributed by atoms with Crippen LogP contribution < -0.4 is 0 Å². The van der Waals surface area contributed by atoms with Crippen LogP contribution in [0, 0.1) is 11.6 Å². The molecule has 0 aliphatic heterocycles. The highest BCUT2D eigenvalue weighted by molar-refractivity contribution is 9.10. The van der Waals surface area contributed by atoms with E-state index in [-0.39, 0.29) is 10.2 Å². The fourth-order valence-corrected chi connectivity index (χ4v) is 1.16. The Morgan fingerprint density at radius 3 is 2.67 bits per heavy atom. The summed E-state index contributed by atoms with van der Waals surface area (Å²) < 4.78 is 25.2. The molecule has 1 rings (SSSR count). The Morgan fingerprint density at radius 1 is 1.42 bits per heavy atom. The molecule has 12 heavy (non-hydrogen) atoms. The number of aliphatic imine (C=N–C) groups is 1. The maximum absolute atomic E-state index is 12.8. The van der Waals surface area contributed by atoms with Crippen molar-refractivity contribution in [1.29, 1.82) is 0 Å². The Morgan fingerprint density at radius 2 is 2.08 bits per heavy atom. The van der Waals surface area contributed by atoms with Crippen molar-refractivity contribution >= 4 is 39.0 Å². The largest absolute Gasteiger partial charge is 0.204 e. The molecule has 0 aromatic heterocycles. The number of hydrogen-bond acceptors (Lipinski definition) is 2. The smallest absolute Gasteiger partial charge is 0.175 e. The molecule has 1 nitrogen and oxygen atoms in total. The van der Waals surface area contributed by atoms with E-state index in [1.165, 1.54) is 6.07 Å². The molecule has 0 saturated carbocycles. The molecular formula is C7H2BrF2NS. The molecule has 1 aromatic carbocycles. The maximum Gasteiger partial charge on any atom is 0.175 e. The van der Waals surface area contributed by atoms with Gasteiger partial charge >= 0.3 is 0 Å². The molecule has 62 valence electrons. The van der Waals surface area contributed by atoms with Crippen molar-refractivity contribution in [3.8, 4) is 0 Å². The van der Waals surface area contributed by atoms with Gasteiger partial charge < -0.3 is 0 Å². The second kappa shape index (κ2) is 3.85. The highest BCUT2D eigenvalue weighted by atomic mass is 79.9.